The van der Waals surface area contributed by atoms with Crippen LogP contribution in [0.3, 0.4) is 0 Å². The van der Waals surface area contributed by atoms with Crippen LogP contribution in [0.4, 0.5) is 10.5 Å². The van der Waals surface area contributed by atoms with Gasteiger partial charge in [-0.2, -0.15) is 5.06 Å². The molecule has 4 aliphatic rings. The largest absolute Gasteiger partial charge is 0.490 e. The summed E-state index contributed by atoms with van der Waals surface area (Å²) in [4.78, 5) is 33.3. The number of hydroxylamine groups is 2. The van der Waals surface area contributed by atoms with Crippen molar-refractivity contribution in [3.05, 3.63) is 64.7 Å². The topological polar surface area (TPSA) is 124 Å². The minimum Gasteiger partial charge on any atom is -0.490 e. The molecule has 0 radical (unpaired) electrons. The van der Waals surface area contributed by atoms with Crippen LogP contribution < -0.4 is 14.4 Å². The molecule has 13 heteroatoms. The SMILES string of the molecule is CON(C)C(=O)O[C@H]1/C=C/COC(C)(C)C(=O)NS(=O)(=O)c2ccc3c(c2)N(C[C@@H]2CC[C@H]21)C[C@@]1(CCCc2cc(Cl)ccc21)CO3. The van der Waals surface area contributed by atoms with E-state index in [1.807, 2.05) is 12.1 Å². The fourth-order valence-electron chi connectivity index (χ4n) is 7.15. The van der Waals surface area contributed by atoms with Crippen molar-refractivity contribution in [3.8, 4) is 5.75 Å². The number of sulfonamides is 1. The van der Waals surface area contributed by atoms with Crippen LogP contribution in [0.25, 0.3) is 0 Å². The van der Waals surface area contributed by atoms with Crippen LogP contribution in [-0.2, 0) is 41.0 Å². The van der Waals surface area contributed by atoms with Gasteiger partial charge >= 0.3 is 6.09 Å². The van der Waals surface area contributed by atoms with E-state index in [1.165, 1.54) is 45.2 Å². The number of nitrogens with one attached hydrogen (secondary N) is 1. The van der Waals surface area contributed by atoms with E-state index < -0.39 is 33.7 Å². The third-order valence-corrected chi connectivity index (χ3v) is 11.6. The molecule has 2 aliphatic heterocycles. The van der Waals surface area contributed by atoms with E-state index in [4.69, 9.17) is 30.6 Å². The molecule has 4 atom stereocenters. The molecular formula is C34H42ClN3O8S. The van der Waals surface area contributed by atoms with Crippen LogP contribution in [0.2, 0.25) is 5.02 Å². The molecule has 2 amide bonds. The van der Waals surface area contributed by atoms with Crippen LogP contribution in [0.15, 0.2) is 53.4 Å². The summed E-state index contributed by atoms with van der Waals surface area (Å²) in [6.07, 6.45) is 6.80. The quantitative estimate of drug-likeness (QED) is 0.343. The summed E-state index contributed by atoms with van der Waals surface area (Å²) in [6, 6.07) is 10.8. The van der Waals surface area contributed by atoms with Gasteiger partial charge in [0, 0.05) is 36.5 Å². The van der Waals surface area contributed by atoms with Gasteiger partial charge in [-0.1, -0.05) is 23.7 Å². The van der Waals surface area contributed by atoms with Gasteiger partial charge in [0.1, 0.15) is 17.5 Å². The fraction of sp³-hybridized carbons (Fsp3) is 0.529. The number of carbonyl (C=O) groups excluding carboxylic acids is 2. The van der Waals surface area contributed by atoms with Gasteiger partial charge in [-0.25, -0.2) is 17.9 Å². The van der Waals surface area contributed by atoms with Crippen molar-refractivity contribution < 1.29 is 37.1 Å². The molecule has 2 aromatic rings. The highest BCUT2D eigenvalue weighted by molar-refractivity contribution is 7.90. The first kappa shape index (κ1) is 33.6. The highest BCUT2D eigenvalue weighted by Crippen LogP contribution is 2.47. The number of ether oxygens (including phenoxy) is 3. The maximum atomic E-state index is 13.6. The molecule has 2 aliphatic carbocycles. The van der Waals surface area contributed by atoms with Crippen molar-refractivity contribution in [2.45, 2.75) is 68.0 Å². The lowest BCUT2D eigenvalue weighted by Crippen LogP contribution is -2.50. The Bertz CT molecular complexity index is 1680. The molecule has 11 nitrogen and oxygen atoms in total. The standard InChI is InChI=1S/C34H42ClN3O8S/c1-33(2)31(39)36-47(41,42)25-11-14-30-28(18-25)38(20-34(21-44-30)15-5-7-22-17-24(35)10-13-27(22)34)19-23-9-12-26(23)29(8-6-16-45-33)46-32(40)37(3)43-4/h6,8,10-11,13-14,17-18,23,26,29H,5,7,9,12,15-16,19-21H2,1-4H3,(H,36,39)/b8-6+/t23-,26+,29-,34-/m0/s1. The summed E-state index contributed by atoms with van der Waals surface area (Å²) in [5.41, 5.74) is 1.19. The van der Waals surface area contributed by atoms with Gasteiger partial charge in [-0.3, -0.25) is 9.63 Å². The number of rotatable bonds is 2. The van der Waals surface area contributed by atoms with Crippen molar-refractivity contribution in [2.24, 2.45) is 11.8 Å². The zero-order valence-electron chi connectivity index (χ0n) is 27.2. The molecule has 2 bridgehead atoms. The van der Waals surface area contributed by atoms with Crippen molar-refractivity contribution in [2.75, 3.05) is 45.4 Å². The molecule has 254 valence electrons. The lowest BCUT2D eigenvalue weighted by molar-refractivity contribution is -0.139. The first-order chi connectivity index (χ1) is 22.3. The Labute approximate surface area is 281 Å². The monoisotopic (exact) mass is 687 g/mol. The zero-order chi connectivity index (χ0) is 33.6. The minimum absolute atomic E-state index is 0.000274. The van der Waals surface area contributed by atoms with E-state index >= 15 is 0 Å². The molecule has 6 rings (SSSR count). The normalized spacial score (nSPS) is 28.7. The van der Waals surface area contributed by atoms with Crippen molar-refractivity contribution in [1.82, 2.24) is 9.79 Å². The second kappa shape index (κ2) is 12.9. The Hall–Kier alpha value is -3.32. The fourth-order valence-corrected chi connectivity index (χ4v) is 8.46. The average molecular weight is 688 g/mol. The van der Waals surface area contributed by atoms with Gasteiger partial charge in [0.25, 0.3) is 15.9 Å². The number of hydrogen-bond acceptors (Lipinski definition) is 9. The molecule has 47 heavy (non-hydrogen) atoms. The van der Waals surface area contributed by atoms with Crippen molar-refractivity contribution in [3.63, 3.8) is 0 Å². The number of benzene rings is 2. The predicted octanol–water partition coefficient (Wildman–Crippen LogP) is 5.01. The van der Waals surface area contributed by atoms with Gasteiger partial charge in [-0.15, -0.1) is 0 Å². The molecular weight excluding hydrogens is 646 g/mol. The molecule has 2 aromatic carbocycles. The van der Waals surface area contributed by atoms with E-state index in [2.05, 4.69) is 15.7 Å². The lowest BCUT2D eigenvalue weighted by Gasteiger charge is -2.46. The highest BCUT2D eigenvalue weighted by atomic mass is 35.5. The minimum atomic E-state index is -4.24. The number of aryl methyl sites for hydroxylation is 1. The number of hydrogen-bond donors (Lipinski definition) is 1. The smallest absolute Gasteiger partial charge is 0.434 e. The average Bonchev–Trinajstić information content (AvgIpc) is 3.17. The Morgan fingerprint density at radius 3 is 2.72 bits per heavy atom. The summed E-state index contributed by atoms with van der Waals surface area (Å²) >= 11 is 6.41. The zero-order valence-corrected chi connectivity index (χ0v) is 28.7. The van der Waals surface area contributed by atoms with Crippen LogP contribution in [-0.4, -0.2) is 77.6 Å². The van der Waals surface area contributed by atoms with Gasteiger partial charge in [0.2, 0.25) is 0 Å². The van der Waals surface area contributed by atoms with Gasteiger partial charge in [0.05, 0.1) is 30.9 Å². The Morgan fingerprint density at radius 1 is 1.17 bits per heavy atom. The predicted molar refractivity (Wildman–Crippen MR) is 176 cm³/mol. The summed E-state index contributed by atoms with van der Waals surface area (Å²) in [6.45, 7) is 4.58. The van der Waals surface area contributed by atoms with Crippen LogP contribution in [0.1, 0.15) is 50.7 Å². The van der Waals surface area contributed by atoms with E-state index in [-0.39, 0.29) is 28.8 Å². The molecule has 0 aromatic heterocycles. The van der Waals surface area contributed by atoms with Crippen molar-refractivity contribution >= 4 is 39.3 Å². The Kier molecular flexibility index (Phi) is 9.25. The molecule has 1 saturated carbocycles. The van der Waals surface area contributed by atoms with Crippen LogP contribution in [0, 0.1) is 11.8 Å². The second-order valence-corrected chi connectivity index (χ2v) is 15.6. The van der Waals surface area contributed by atoms with E-state index in [1.54, 1.807) is 24.3 Å². The molecule has 0 unspecified atom stereocenters. The number of amides is 2. The molecule has 1 fully saturated rings. The summed E-state index contributed by atoms with van der Waals surface area (Å²) in [5.74, 6) is -0.135. The number of nitrogens with zero attached hydrogens (tertiary/aromatic N) is 2. The van der Waals surface area contributed by atoms with E-state index in [0.29, 0.717) is 36.2 Å². The van der Waals surface area contributed by atoms with Crippen molar-refractivity contribution in [1.29, 1.82) is 0 Å². The van der Waals surface area contributed by atoms with Crippen LogP contribution in [0.5, 0.6) is 5.75 Å². The van der Waals surface area contributed by atoms with E-state index in [0.717, 1.165) is 37.2 Å². The number of fused-ring (bicyclic) bond motifs is 4. The number of halogens is 1. The maximum absolute atomic E-state index is 13.6. The Morgan fingerprint density at radius 2 is 1.98 bits per heavy atom. The molecule has 2 heterocycles. The number of anilines is 1. The maximum Gasteiger partial charge on any atom is 0.434 e. The third kappa shape index (κ3) is 6.70. The number of carbonyl (C=O) groups is 2. The molecule has 1 N–H and O–H groups in total. The van der Waals surface area contributed by atoms with E-state index in [9.17, 15) is 18.0 Å². The highest BCUT2D eigenvalue weighted by Gasteiger charge is 2.45. The first-order valence-electron chi connectivity index (χ1n) is 16.0. The van der Waals surface area contributed by atoms with Gasteiger partial charge in [0.15, 0.2) is 0 Å². The summed E-state index contributed by atoms with van der Waals surface area (Å²) in [5, 5.41) is 1.73. The molecule has 0 saturated heterocycles. The van der Waals surface area contributed by atoms with Crippen LogP contribution >= 0.6 is 11.6 Å². The summed E-state index contributed by atoms with van der Waals surface area (Å²) < 4.78 is 47.6. The molecule has 1 spiro atoms. The Balaban J connectivity index is 1.43. The van der Waals surface area contributed by atoms with Gasteiger partial charge in [-0.05, 0) is 99.4 Å². The first-order valence-corrected chi connectivity index (χ1v) is 17.8. The second-order valence-electron chi connectivity index (χ2n) is 13.4. The lowest BCUT2D eigenvalue weighted by atomic mass is 9.68. The summed E-state index contributed by atoms with van der Waals surface area (Å²) in [7, 11) is -1.36. The third-order valence-electron chi connectivity index (χ3n) is 10.1. The van der Waals surface area contributed by atoms with Gasteiger partial charge < -0.3 is 19.1 Å².